The van der Waals surface area contributed by atoms with Gasteiger partial charge in [-0.2, -0.15) is 0 Å². The number of ether oxygens (including phenoxy) is 1. The van der Waals surface area contributed by atoms with Crippen molar-refractivity contribution in [3.8, 4) is 0 Å². The van der Waals surface area contributed by atoms with E-state index in [1.807, 2.05) is 19.9 Å². The molecule has 26 heavy (non-hydrogen) atoms. The lowest BCUT2D eigenvalue weighted by Crippen LogP contribution is -3.13. The highest BCUT2D eigenvalue weighted by molar-refractivity contribution is 6.33. The molecule has 0 radical (unpaired) electrons. The van der Waals surface area contributed by atoms with Gasteiger partial charge in [0.2, 0.25) is 0 Å². The van der Waals surface area contributed by atoms with Gasteiger partial charge in [0.25, 0.3) is 0 Å². The predicted molar refractivity (Wildman–Crippen MR) is 100.0 cm³/mol. The first kappa shape index (κ1) is 18.7. The van der Waals surface area contributed by atoms with Gasteiger partial charge in [-0.15, -0.1) is 0 Å². The number of quaternary nitrogens is 1. The summed E-state index contributed by atoms with van der Waals surface area (Å²) in [4.78, 5) is 26.9. The summed E-state index contributed by atoms with van der Waals surface area (Å²) in [6.07, 6.45) is -0.254. The van der Waals surface area contributed by atoms with Crippen LogP contribution in [0.4, 0.5) is 4.79 Å². The number of aryl methyl sites for hydroxylation is 2. The average Bonchev–Trinajstić information content (AvgIpc) is 2.60. The smallest absolute Gasteiger partial charge is 0.410 e. The van der Waals surface area contributed by atoms with Gasteiger partial charge in [0.15, 0.2) is 0 Å². The Morgan fingerprint density at radius 3 is 2.65 bits per heavy atom. The zero-order chi connectivity index (χ0) is 18.8. The molecular weight excluding hydrogens is 356 g/mol. The highest BCUT2D eigenvalue weighted by atomic mass is 35.5. The number of fused-ring (bicyclic) bond motifs is 1. The summed E-state index contributed by atoms with van der Waals surface area (Å²) in [5, 5.41) is 1.62. The normalized spacial score (nSPS) is 15.5. The van der Waals surface area contributed by atoms with E-state index in [9.17, 15) is 9.59 Å². The number of halogens is 1. The van der Waals surface area contributed by atoms with Crippen molar-refractivity contribution in [2.24, 2.45) is 0 Å². The minimum Gasteiger partial charge on any atom is -0.450 e. The first-order valence-electron chi connectivity index (χ1n) is 8.88. The number of amides is 1. The van der Waals surface area contributed by atoms with Crippen molar-refractivity contribution in [2.75, 3.05) is 32.8 Å². The Morgan fingerprint density at radius 2 is 2.00 bits per heavy atom. The second-order valence-corrected chi connectivity index (χ2v) is 7.09. The van der Waals surface area contributed by atoms with Crippen molar-refractivity contribution in [1.82, 2.24) is 4.90 Å². The molecular formula is C19H24ClN2O4+. The first-order chi connectivity index (χ1) is 12.4. The molecule has 7 heteroatoms. The maximum Gasteiger partial charge on any atom is 0.410 e. The Bertz CT molecular complexity index is 885. The summed E-state index contributed by atoms with van der Waals surface area (Å²) < 4.78 is 10.4. The molecule has 1 amide bonds. The lowest BCUT2D eigenvalue weighted by Gasteiger charge is -2.31. The second kappa shape index (κ2) is 7.68. The summed E-state index contributed by atoms with van der Waals surface area (Å²) in [6.45, 7) is 9.64. The quantitative estimate of drug-likeness (QED) is 0.827. The van der Waals surface area contributed by atoms with Gasteiger partial charge in [0, 0.05) is 22.0 Å². The van der Waals surface area contributed by atoms with E-state index >= 15 is 0 Å². The van der Waals surface area contributed by atoms with E-state index in [1.165, 1.54) is 4.90 Å². The fourth-order valence-corrected chi connectivity index (χ4v) is 3.71. The molecule has 2 heterocycles. The molecule has 6 nitrogen and oxygen atoms in total. The summed E-state index contributed by atoms with van der Waals surface area (Å²) in [7, 11) is 0. The molecule has 1 aliphatic rings. The number of benzene rings is 1. The van der Waals surface area contributed by atoms with Crippen LogP contribution < -0.4 is 10.5 Å². The van der Waals surface area contributed by atoms with Crippen LogP contribution in [0.3, 0.4) is 0 Å². The Balaban J connectivity index is 1.83. The van der Waals surface area contributed by atoms with Gasteiger partial charge in [-0.25, -0.2) is 9.59 Å². The maximum absolute atomic E-state index is 12.0. The number of hydrogen-bond donors (Lipinski definition) is 1. The van der Waals surface area contributed by atoms with Crippen molar-refractivity contribution < 1.29 is 18.8 Å². The van der Waals surface area contributed by atoms with Gasteiger partial charge < -0.3 is 14.1 Å². The largest absolute Gasteiger partial charge is 0.450 e. The third-order valence-corrected chi connectivity index (χ3v) is 5.49. The maximum atomic E-state index is 12.0. The third-order valence-electron chi connectivity index (χ3n) is 4.91. The van der Waals surface area contributed by atoms with Gasteiger partial charge in [-0.3, -0.25) is 4.90 Å². The molecule has 0 bridgehead atoms. The van der Waals surface area contributed by atoms with Crippen LogP contribution in [0.1, 0.15) is 23.6 Å². The van der Waals surface area contributed by atoms with Crippen LogP contribution in [0.15, 0.2) is 21.3 Å². The Hall–Kier alpha value is -2.05. The molecule has 0 atom stereocenters. The molecule has 0 saturated carbocycles. The second-order valence-electron chi connectivity index (χ2n) is 6.71. The monoisotopic (exact) mass is 379 g/mol. The Kier molecular flexibility index (Phi) is 5.53. The number of piperazine rings is 1. The molecule has 0 aliphatic carbocycles. The van der Waals surface area contributed by atoms with Crippen molar-refractivity contribution in [1.29, 1.82) is 0 Å². The van der Waals surface area contributed by atoms with Crippen molar-refractivity contribution in [3.05, 3.63) is 44.3 Å². The molecule has 140 valence electrons. The standard InChI is InChI=1S/C19H23ClN2O4/c1-4-25-19(24)22-7-5-21(6-8-22)11-14-10-16(23)26-15-9-12(2)18(20)13(3)17(14)15/h9-10H,4-8,11H2,1-3H3/p+1. The minimum absolute atomic E-state index is 0.254. The van der Waals surface area contributed by atoms with Crippen molar-refractivity contribution in [3.63, 3.8) is 0 Å². The Labute approximate surface area is 157 Å². The molecule has 2 aromatic rings. The molecule has 1 saturated heterocycles. The molecule has 1 fully saturated rings. The summed E-state index contributed by atoms with van der Waals surface area (Å²) in [6, 6.07) is 3.38. The lowest BCUT2D eigenvalue weighted by atomic mass is 10.0. The number of carbonyl (C=O) groups is 1. The highest BCUT2D eigenvalue weighted by Crippen LogP contribution is 2.30. The van der Waals surface area contributed by atoms with Crippen LogP contribution in [0.25, 0.3) is 11.0 Å². The molecule has 1 aromatic carbocycles. The van der Waals surface area contributed by atoms with E-state index in [-0.39, 0.29) is 11.7 Å². The zero-order valence-electron chi connectivity index (χ0n) is 15.4. The molecule has 1 aromatic heterocycles. The third kappa shape index (κ3) is 3.71. The topological polar surface area (TPSA) is 64.2 Å². The van der Waals surface area contributed by atoms with Gasteiger partial charge in [-0.1, -0.05) is 11.6 Å². The van der Waals surface area contributed by atoms with E-state index in [1.54, 1.807) is 17.9 Å². The van der Waals surface area contributed by atoms with Crippen molar-refractivity contribution in [2.45, 2.75) is 27.3 Å². The molecule has 1 N–H and O–H groups in total. The van der Waals surface area contributed by atoms with Crippen LogP contribution in [-0.4, -0.2) is 43.8 Å². The van der Waals surface area contributed by atoms with Crippen LogP contribution in [0, 0.1) is 13.8 Å². The summed E-state index contributed by atoms with van der Waals surface area (Å²) >= 11 is 6.41. The fraction of sp³-hybridized carbons (Fsp3) is 0.474. The molecule has 3 rings (SSSR count). The van der Waals surface area contributed by atoms with Gasteiger partial charge >= 0.3 is 11.7 Å². The highest BCUT2D eigenvalue weighted by Gasteiger charge is 2.25. The summed E-state index contributed by atoms with van der Waals surface area (Å²) in [5.74, 6) is 0. The number of nitrogens with zero attached hydrogens (tertiary/aromatic N) is 1. The van der Waals surface area contributed by atoms with Gasteiger partial charge in [-0.05, 0) is 38.0 Å². The van der Waals surface area contributed by atoms with Gasteiger partial charge in [0.1, 0.15) is 12.1 Å². The Morgan fingerprint density at radius 1 is 1.31 bits per heavy atom. The van der Waals surface area contributed by atoms with E-state index in [2.05, 4.69) is 0 Å². The van der Waals surface area contributed by atoms with Crippen LogP contribution in [0.2, 0.25) is 5.02 Å². The number of rotatable bonds is 3. The molecule has 1 aliphatic heterocycles. The van der Waals surface area contributed by atoms with E-state index in [0.29, 0.717) is 36.8 Å². The van der Waals surface area contributed by atoms with E-state index in [0.717, 1.165) is 35.2 Å². The van der Waals surface area contributed by atoms with Crippen LogP contribution in [-0.2, 0) is 11.3 Å². The SMILES string of the molecule is CCOC(=O)N1CC[NH+](Cc2cc(=O)oc3cc(C)c(Cl)c(C)c23)CC1. The zero-order valence-corrected chi connectivity index (χ0v) is 16.1. The van der Waals surface area contributed by atoms with Crippen LogP contribution in [0.5, 0.6) is 0 Å². The number of hydrogen-bond acceptors (Lipinski definition) is 4. The minimum atomic E-state index is -0.349. The van der Waals surface area contributed by atoms with Gasteiger partial charge in [0.05, 0.1) is 32.8 Å². The first-order valence-corrected chi connectivity index (χ1v) is 9.26. The van der Waals surface area contributed by atoms with E-state index < -0.39 is 0 Å². The summed E-state index contributed by atoms with van der Waals surface area (Å²) in [5.41, 5.74) is 3.00. The lowest BCUT2D eigenvalue weighted by molar-refractivity contribution is -0.917. The van der Waals surface area contributed by atoms with E-state index in [4.69, 9.17) is 20.8 Å². The fourth-order valence-electron chi connectivity index (χ4n) is 3.56. The van der Waals surface area contributed by atoms with Crippen LogP contribution >= 0.6 is 11.6 Å². The predicted octanol–water partition coefficient (Wildman–Crippen LogP) is 1.92. The molecule has 0 unspecified atom stereocenters. The van der Waals surface area contributed by atoms with Crippen molar-refractivity contribution >= 4 is 28.7 Å². The average molecular weight is 380 g/mol. The number of nitrogens with one attached hydrogen (secondary N) is 1. The molecule has 0 spiro atoms. The number of carbonyl (C=O) groups excluding carboxylic acids is 1.